The van der Waals surface area contributed by atoms with E-state index in [9.17, 15) is 22.0 Å². The summed E-state index contributed by atoms with van der Waals surface area (Å²) in [6.07, 6.45) is 5.59. The van der Waals surface area contributed by atoms with E-state index in [1.807, 2.05) is 16.8 Å². The van der Waals surface area contributed by atoms with Crippen LogP contribution in [0.25, 0.3) is 0 Å². The van der Waals surface area contributed by atoms with E-state index in [1.165, 1.54) is 6.42 Å². The van der Waals surface area contributed by atoms with Crippen LogP contribution in [0.4, 0.5) is 8.78 Å². The Morgan fingerprint density at radius 2 is 1.75 bits per heavy atom. The number of benzene rings is 1. The molecule has 1 amide bonds. The van der Waals surface area contributed by atoms with E-state index in [0.29, 0.717) is 25.2 Å². The van der Waals surface area contributed by atoms with E-state index in [0.717, 1.165) is 42.1 Å². The summed E-state index contributed by atoms with van der Waals surface area (Å²) in [5.41, 5.74) is 0. The topological polar surface area (TPSA) is 60.9 Å². The van der Waals surface area contributed by atoms with Gasteiger partial charge in [0.1, 0.15) is 16.5 Å². The number of likely N-dealkylation sites (N-methyl/N-ethyl adjacent to an activating group) is 1. The fourth-order valence-electron chi connectivity index (χ4n) is 3.92. The van der Waals surface area contributed by atoms with Gasteiger partial charge < -0.3 is 4.90 Å². The maximum atomic E-state index is 13.9. The van der Waals surface area contributed by atoms with E-state index in [-0.39, 0.29) is 25.5 Å². The van der Waals surface area contributed by atoms with Gasteiger partial charge in [0.2, 0.25) is 15.9 Å². The van der Waals surface area contributed by atoms with Crippen LogP contribution < -0.4 is 0 Å². The van der Waals surface area contributed by atoms with Crippen molar-refractivity contribution in [2.75, 3.05) is 39.8 Å². The number of carbonyl (C=O) groups excluding carboxylic acids is 1. The van der Waals surface area contributed by atoms with Gasteiger partial charge in [-0.1, -0.05) is 19.3 Å². The van der Waals surface area contributed by atoms with E-state index in [4.69, 9.17) is 0 Å². The molecule has 1 aromatic carbocycles. The van der Waals surface area contributed by atoms with Crippen LogP contribution >= 0.6 is 0 Å². The molecule has 6 nitrogen and oxygen atoms in total. The predicted molar refractivity (Wildman–Crippen MR) is 101 cm³/mol. The quantitative estimate of drug-likeness (QED) is 0.739. The van der Waals surface area contributed by atoms with Gasteiger partial charge in [-0.2, -0.15) is 4.31 Å². The van der Waals surface area contributed by atoms with Crippen molar-refractivity contribution in [2.24, 2.45) is 0 Å². The summed E-state index contributed by atoms with van der Waals surface area (Å²) in [5.74, 6) is -1.72. The molecule has 2 aliphatic rings. The zero-order chi connectivity index (χ0) is 20.3. The maximum Gasteiger partial charge on any atom is 0.246 e. The van der Waals surface area contributed by atoms with E-state index in [1.54, 1.807) is 0 Å². The van der Waals surface area contributed by atoms with Crippen molar-refractivity contribution in [3.8, 4) is 0 Å². The lowest BCUT2D eigenvalue weighted by Gasteiger charge is -2.36. The highest BCUT2D eigenvalue weighted by atomic mass is 32.2. The summed E-state index contributed by atoms with van der Waals surface area (Å²) in [6.45, 7) is 1.27. The van der Waals surface area contributed by atoms with Crippen molar-refractivity contribution in [1.82, 2.24) is 14.1 Å². The highest BCUT2D eigenvalue weighted by molar-refractivity contribution is 7.89. The minimum atomic E-state index is -4.10. The number of hydrogen-bond acceptors (Lipinski definition) is 4. The van der Waals surface area contributed by atoms with Gasteiger partial charge in [-0.25, -0.2) is 17.2 Å². The number of sulfonamides is 1. The first kappa shape index (κ1) is 21.1. The fraction of sp³-hybridized carbons (Fsp3) is 0.632. The SMILES string of the molecule is CN(C(=O)CN1CCN(S(=O)(=O)c2cc(F)ccc2F)CC1)C1CCCCC1. The molecule has 0 bridgehead atoms. The highest BCUT2D eigenvalue weighted by Crippen LogP contribution is 2.23. The molecule has 0 radical (unpaired) electrons. The fourth-order valence-corrected chi connectivity index (χ4v) is 5.41. The summed E-state index contributed by atoms with van der Waals surface area (Å²) < 4.78 is 53.7. The maximum absolute atomic E-state index is 13.9. The number of carbonyl (C=O) groups is 1. The molecular formula is C19H27F2N3O3S. The second-order valence-electron chi connectivity index (χ2n) is 7.55. The number of rotatable bonds is 5. The Balaban J connectivity index is 1.56. The van der Waals surface area contributed by atoms with Gasteiger partial charge in [-0.3, -0.25) is 9.69 Å². The Hall–Kier alpha value is -1.58. The van der Waals surface area contributed by atoms with Crippen LogP contribution in [0, 0.1) is 11.6 Å². The van der Waals surface area contributed by atoms with Gasteiger partial charge in [-0.15, -0.1) is 0 Å². The largest absolute Gasteiger partial charge is 0.342 e. The molecule has 0 aromatic heterocycles. The first-order chi connectivity index (χ1) is 13.3. The first-order valence-corrected chi connectivity index (χ1v) is 11.2. The second-order valence-corrected chi connectivity index (χ2v) is 9.46. The lowest BCUT2D eigenvalue weighted by atomic mass is 9.94. The van der Waals surface area contributed by atoms with Crippen LogP contribution in [-0.2, 0) is 14.8 Å². The minimum Gasteiger partial charge on any atom is -0.342 e. The summed E-state index contributed by atoms with van der Waals surface area (Å²) in [7, 11) is -2.27. The zero-order valence-corrected chi connectivity index (χ0v) is 16.9. The van der Waals surface area contributed by atoms with Crippen LogP contribution in [0.5, 0.6) is 0 Å². The Morgan fingerprint density at radius 1 is 1.11 bits per heavy atom. The molecule has 0 N–H and O–H groups in total. The Morgan fingerprint density at radius 3 is 2.39 bits per heavy atom. The average Bonchev–Trinajstić information content (AvgIpc) is 2.70. The van der Waals surface area contributed by atoms with Crippen molar-refractivity contribution in [1.29, 1.82) is 0 Å². The third kappa shape index (κ3) is 4.69. The number of amides is 1. The average molecular weight is 416 g/mol. The number of hydrogen-bond donors (Lipinski definition) is 0. The van der Waals surface area contributed by atoms with Crippen LogP contribution in [0.3, 0.4) is 0 Å². The molecule has 9 heteroatoms. The van der Waals surface area contributed by atoms with Gasteiger partial charge in [0.15, 0.2) is 0 Å². The summed E-state index contributed by atoms with van der Waals surface area (Å²) in [5, 5.41) is 0. The van der Waals surface area contributed by atoms with Crippen molar-refractivity contribution < 1.29 is 22.0 Å². The predicted octanol–water partition coefficient (Wildman–Crippen LogP) is 2.06. The first-order valence-electron chi connectivity index (χ1n) is 9.72. The Kier molecular flexibility index (Phi) is 6.67. The molecule has 1 aromatic rings. The van der Waals surface area contributed by atoms with Crippen LogP contribution in [0.1, 0.15) is 32.1 Å². The van der Waals surface area contributed by atoms with Crippen molar-refractivity contribution in [3.05, 3.63) is 29.8 Å². The standard InChI is InChI=1S/C19H27F2N3O3S/c1-22(16-5-3-2-4-6-16)19(25)14-23-9-11-24(12-10-23)28(26,27)18-13-15(20)7-8-17(18)21/h7-8,13,16H,2-6,9-12,14H2,1H3. The van der Waals surface area contributed by atoms with Crippen LogP contribution in [0.2, 0.25) is 0 Å². The number of halogens is 2. The molecule has 2 fully saturated rings. The molecule has 0 spiro atoms. The minimum absolute atomic E-state index is 0.0411. The van der Waals surface area contributed by atoms with Crippen LogP contribution in [0.15, 0.2) is 23.1 Å². The molecule has 28 heavy (non-hydrogen) atoms. The van der Waals surface area contributed by atoms with Gasteiger partial charge >= 0.3 is 0 Å². The van der Waals surface area contributed by atoms with Crippen molar-refractivity contribution >= 4 is 15.9 Å². The van der Waals surface area contributed by atoms with Gasteiger partial charge in [-0.05, 0) is 31.0 Å². The van der Waals surface area contributed by atoms with Gasteiger partial charge in [0, 0.05) is 39.3 Å². The summed E-state index contributed by atoms with van der Waals surface area (Å²) in [4.78, 5) is 15.6. The third-order valence-electron chi connectivity index (χ3n) is 5.72. The second kappa shape index (κ2) is 8.84. The lowest BCUT2D eigenvalue weighted by molar-refractivity contribution is -0.134. The molecule has 1 aliphatic heterocycles. The third-order valence-corrected chi connectivity index (χ3v) is 7.63. The summed E-state index contributed by atoms with van der Waals surface area (Å²) in [6, 6.07) is 2.71. The molecular weight excluding hydrogens is 388 g/mol. The van der Waals surface area contributed by atoms with Crippen molar-refractivity contribution in [3.63, 3.8) is 0 Å². The highest BCUT2D eigenvalue weighted by Gasteiger charge is 2.32. The van der Waals surface area contributed by atoms with Gasteiger partial charge in [0.25, 0.3) is 0 Å². The van der Waals surface area contributed by atoms with Gasteiger partial charge in [0.05, 0.1) is 6.54 Å². The number of nitrogens with zero attached hydrogens (tertiary/aromatic N) is 3. The van der Waals surface area contributed by atoms with Crippen molar-refractivity contribution in [2.45, 2.75) is 43.0 Å². The molecule has 156 valence electrons. The normalized spacial score (nSPS) is 20.2. The molecule has 3 rings (SSSR count). The smallest absolute Gasteiger partial charge is 0.246 e. The molecule has 1 heterocycles. The number of piperazine rings is 1. The van der Waals surface area contributed by atoms with E-state index < -0.39 is 26.6 Å². The monoisotopic (exact) mass is 415 g/mol. The Bertz CT molecular complexity index is 805. The lowest BCUT2D eigenvalue weighted by Crippen LogP contribution is -2.52. The molecule has 1 saturated heterocycles. The molecule has 1 aliphatic carbocycles. The van der Waals surface area contributed by atoms with Crippen LogP contribution in [-0.4, -0.2) is 74.2 Å². The zero-order valence-electron chi connectivity index (χ0n) is 16.1. The molecule has 0 atom stereocenters. The van der Waals surface area contributed by atoms with E-state index in [2.05, 4.69) is 0 Å². The Labute approximate surface area is 165 Å². The molecule has 0 unspecified atom stereocenters. The summed E-state index contributed by atoms with van der Waals surface area (Å²) >= 11 is 0. The van der Waals surface area contributed by atoms with E-state index >= 15 is 0 Å². The molecule has 1 saturated carbocycles.